The van der Waals surface area contributed by atoms with E-state index in [2.05, 4.69) is 39.9 Å². The summed E-state index contributed by atoms with van der Waals surface area (Å²) in [5, 5.41) is 4.92. The quantitative estimate of drug-likeness (QED) is 0.775. The summed E-state index contributed by atoms with van der Waals surface area (Å²) in [7, 11) is 0. The maximum Gasteiger partial charge on any atom is 0.157 e. The van der Waals surface area contributed by atoms with Crippen LogP contribution in [0.4, 0.5) is 0 Å². The van der Waals surface area contributed by atoms with Gasteiger partial charge in [-0.1, -0.05) is 52.8 Å². The van der Waals surface area contributed by atoms with E-state index in [1.165, 1.54) is 36.6 Å². The lowest BCUT2D eigenvalue weighted by atomic mass is 9.85. The Labute approximate surface area is 116 Å². The molecule has 0 radical (unpaired) electrons. The molecule has 0 aromatic heterocycles. The number of hydrogen-bond acceptors (Lipinski definition) is 3. The van der Waals surface area contributed by atoms with Crippen LogP contribution >= 0.6 is 11.8 Å². The van der Waals surface area contributed by atoms with Crippen molar-refractivity contribution in [1.82, 2.24) is 5.32 Å². The smallest absolute Gasteiger partial charge is 0.157 e. The van der Waals surface area contributed by atoms with Crippen LogP contribution in [0.1, 0.15) is 60.3 Å². The van der Waals surface area contributed by atoms with Crippen molar-refractivity contribution in [3.05, 3.63) is 0 Å². The van der Waals surface area contributed by atoms with Crippen molar-refractivity contribution in [3.63, 3.8) is 0 Å². The molecular formula is C15H28N2S. The zero-order valence-corrected chi connectivity index (χ0v) is 13.4. The van der Waals surface area contributed by atoms with Gasteiger partial charge in [0.05, 0.1) is 6.04 Å². The van der Waals surface area contributed by atoms with Gasteiger partial charge >= 0.3 is 0 Å². The highest BCUT2D eigenvalue weighted by Gasteiger charge is 2.36. The van der Waals surface area contributed by atoms with Crippen molar-refractivity contribution in [1.29, 1.82) is 0 Å². The maximum absolute atomic E-state index is 4.95. The minimum absolute atomic E-state index is 0.291. The second kappa shape index (κ2) is 5.07. The lowest BCUT2D eigenvalue weighted by Crippen LogP contribution is -2.43. The first-order chi connectivity index (χ1) is 8.29. The molecule has 0 aromatic rings. The number of thioether (sulfide) groups is 1. The molecule has 1 aliphatic heterocycles. The summed E-state index contributed by atoms with van der Waals surface area (Å²) in [6.45, 7) is 11.7. The van der Waals surface area contributed by atoms with Gasteiger partial charge < -0.3 is 5.32 Å². The van der Waals surface area contributed by atoms with Gasteiger partial charge in [0, 0.05) is 11.8 Å². The van der Waals surface area contributed by atoms with Crippen LogP contribution in [0, 0.1) is 10.8 Å². The van der Waals surface area contributed by atoms with E-state index in [4.69, 9.17) is 4.99 Å². The van der Waals surface area contributed by atoms with E-state index < -0.39 is 0 Å². The van der Waals surface area contributed by atoms with E-state index in [-0.39, 0.29) is 0 Å². The van der Waals surface area contributed by atoms with Crippen LogP contribution in [-0.2, 0) is 0 Å². The first-order valence-electron chi connectivity index (χ1n) is 7.26. The molecule has 0 aromatic carbocycles. The maximum atomic E-state index is 4.95. The highest BCUT2D eigenvalue weighted by molar-refractivity contribution is 8.13. The van der Waals surface area contributed by atoms with Crippen LogP contribution in [0.2, 0.25) is 0 Å². The molecule has 0 amide bonds. The number of rotatable bonds is 1. The molecule has 2 rings (SSSR count). The van der Waals surface area contributed by atoms with Crippen molar-refractivity contribution < 1.29 is 0 Å². The van der Waals surface area contributed by atoms with Gasteiger partial charge in [-0.05, 0) is 30.1 Å². The minimum Gasteiger partial charge on any atom is -0.362 e. The Morgan fingerprint density at radius 1 is 1.28 bits per heavy atom. The molecule has 0 spiro atoms. The Hall–Kier alpha value is -0.180. The summed E-state index contributed by atoms with van der Waals surface area (Å²) in [5.74, 6) is 1.21. The third-order valence-electron chi connectivity index (χ3n) is 4.46. The van der Waals surface area contributed by atoms with Gasteiger partial charge in [0.25, 0.3) is 0 Å². The zero-order chi connectivity index (χ0) is 13.4. The normalized spacial score (nSPS) is 32.2. The average molecular weight is 268 g/mol. The van der Waals surface area contributed by atoms with Crippen molar-refractivity contribution in [2.45, 2.75) is 72.4 Å². The molecule has 2 unspecified atom stereocenters. The summed E-state index contributed by atoms with van der Waals surface area (Å²) < 4.78 is 0. The van der Waals surface area contributed by atoms with E-state index >= 15 is 0 Å². The fraction of sp³-hybridized carbons (Fsp3) is 0.933. The van der Waals surface area contributed by atoms with Crippen molar-refractivity contribution >= 4 is 16.9 Å². The Bertz CT molecular complexity index is 328. The van der Waals surface area contributed by atoms with Crippen molar-refractivity contribution in [2.24, 2.45) is 15.8 Å². The first kappa shape index (κ1) is 14.2. The predicted octanol–water partition coefficient (Wildman–Crippen LogP) is 4.06. The van der Waals surface area contributed by atoms with Gasteiger partial charge in [-0.15, -0.1) is 0 Å². The lowest BCUT2D eigenvalue weighted by Gasteiger charge is -2.34. The molecule has 1 N–H and O–H groups in total. The zero-order valence-electron chi connectivity index (χ0n) is 12.5. The van der Waals surface area contributed by atoms with Crippen molar-refractivity contribution in [3.8, 4) is 0 Å². The lowest BCUT2D eigenvalue weighted by molar-refractivity contribution is 0.303. The van der Waals surface area contributed by atoms with Crippen molar-refractivity contribution in [2.75, 3.05) is 5.75 Å². The molecule has 104 valence electrons. The number of hydrogen-bond donors (Lipinski definition) is 1. The largest absolute Gasteiger partial charge is 0.362 e. The highest BCUT2D eigenvalue weighted by atomic mass is 32.2. The number of nitrogens with one attached hydrogen (secondary N) is 1. The molecule has 0 saturated heterocycles. The van der Waals surface area contributed by atoms with Gasteiger partial charge in [0.1, 0.15) is 0 Å². The second-order valence-electron chi connectivity index (χ2n) is 7.53. The highest BCUT2D eigenvalue weighted by Crippen LogP contribution is 2.38. The Balaban J connectivity index is 2.03. The predicted molar refractivity (Wildman–Crippen MR) is 82.3 cm³/mol. The van der Waals surface area contributed by atoms with E-state index in [0.29, 0.717) is 22.9 Å². The number of nitrogens with zero attached hydrogens (tertiary/aromatic N) is 1. The van der Waals surface area contributed by atoms with E-state index in [1.807, 2.05) is 11.8 Å². The van der Waals surface area contributed by atoms with Gasteiger partial charge in [-0.2, -0.15) is 0 Å². The van der Waals surface area contributed by atoms with Gasteiger partial charge in [-0.25, -0.2) is 0 Å². The van der Waals surface area contributed by atoms with Gasteiger partial charge in [0.2, 0.25) is 0 Å². The second-order valence-corrected chi connectivity index (χ2v) is 8.61. The topological polar surface area (TPSA) is 24.4 Å². The monoisotopic (exact) mass is 268 g/mol. The molecule has 3 heteroatoms. The summed E-state index contributed by atoms with van der Waals surface area (Å²) in [4.78, 5) is 4.95. The average Bonchev–Trinajstić information content (AvgIpc) is 2.58. The number of aliphatic imine (C=N–C) groups is 1. The standard InChI is InChI=1S/C15H28N2S/c1-14(2,3)11-8-10-18-13(16-11)17-12-7-6-9-15(12,4)5/h11-12H,6-10H2,1-5H3,(H,16,17). The third-order valence-corrected chi connectivity index (χ3v) is 5.39. The Kier molecular flexibility index (Phi) is 4.01. The summed E-state index contributed by atoms with van der Waals surface area (Å²) >= 11 is 1.91. The van der Waals surface area contributed by atoms with Crippen LogP contribution in [0.5, 0.6) is 0 Å². The molecule has 1 saturated carbocycles. The number of amidine groups is 1. The summed E-state index contributed by atoms with van der Waals surface area (Å²) in [6.07, 6.45) is 5.21. The molecule has 18 heavy (non-hydrogen) atoms. The molecular weight excluding hydrogens is 240 g/mol. The first-order valence-corrected chi connectivity index (χ1v) is 8.25. The van der Waals surface area contributed by atoms with Crippen LogP contribution in [-0.4, -0.2) is 23.0 Å². The third kappa shape index (κ3) is 3.23. The Morgan fingerprint density at radius 3 is 2.56 bits per heavy atom. The molecule has 2 atom stereocenters. The van der Waals surface area contributed by atoms with Crippen LogP contribution in [0.3, 0.4) is 0 Å². The van der Waals surface area contributed by atoms with Gasteiger partial charge in [0.15, 0.2) is 5.17 Å². The van der Waals surface area contributed by atoms with Crippen LogP contribution in [0.15, 0.2) is 4.99 Å². The molecule has 2 aliphatic rings. The van der Waals surface area contributed by atoms with Gasteiger partial charge in [-0.3, -0.25) is 4.99 Å². The molecule has 1 heterocycles. The molecule has 1 aliphatic carbocycles. The summed E-state index contributed by atoms with van der Waals surface area (Å²) in [5.41, 5.74) is 0.719. The van der Waals surface area contributed by atoms with Crippen LogP contribution < -0.4 is 5.32 Å². The molecule has 2 nitrogen and oxygen atoms in total. The van der Waals surface area contributed by atoms with E-state index in [1.54, 1.807) is 0 Å². The van der Waals surface area contributed by atoms with Crippen LogP contribution in [0.25, 0.3) is 0 Å². The van der Waals surface area contributed by atoms with E-state index in [0.717, 1.165) is 0 Å². The molecule has 0 bridgehead atoms. The minimum atomic E-state index is 0.291. The summed E-state index contributed by atoms with van der Waals surface area (Å²) in [6, 6.07) is 1.09. The SMILES string of the molecule is CC(C)(C)C1CCSC(NC2CCCC2(C)C)=N1. The fourth-order valence-electron chi connectivity index (χ4n) is 2.96. The fourth-order valence-corrected chi connectivity index (χ4v) is 3.92. The molecule has 1 fully saturated rings. The Morgan fingerprint density at radius 2 is 2.00 bits per heavy atom. The van der Waals surface area contributed by atoms with E-state index in [9.17, 15) is 0 Å².